The first-order chi connectivity index (χ1) is 14.4. The Morgan fingerprint density at radius 2 is 1.46 bits per heavy atom. The van der Waals surface area contributed by atoms with Crippen LogP contribution in [0.2, 0.25) is 0 Å². The van der Waals surface area contributed by atoms with Crippen molar-refractivity contribution in [2.45, 2.75) is 110 Å². The number of likely N-dealkylation sites (N-methyl/N-ethyl adjacent to an activating group) is 1. The van der Waals surface area contributed by atoms with Crippen LogP contribution < -0.4 is 5.73 Å². The van der Waals surface area contributed by atoms with Crippen molar-refractivity contribution in [2.75, 3.05) is 13.5 Å². The van der Waals surface area contributed by atoms with Gasteiger partial charge in [-0.15, -0.1) is 0 Å². The predicted octanol–water partition coefficient (Wildman–Crippen LogP) is 4.80. The number of amides is 1. The van der Waals surface area contributed by atoms with E-state index in [1.54, 1.807) is 20.8 Å². The molecule has 6 nitrogen and oxygen atoms in total. The molecule has 0 unspecified atom stereocenters. The van der Waals surface area contributed by atoms with E-state index in [1.165, 1.54) is 44.9 Å². The third-order valence-electron chi connectivity index (χ3n) is 4.22. The van der Waals surface area contributed by atoms with E-state index in [-0.39, 0.29) is 6.42 Å². The quantitative estimate of drug-likeness (QED) is 0.196. The maximum absolute atomic E-state index is 12.1. The van der Waals surface area contributed by atoms with Crippen molar-refractivity contribution < 1.29 is 18.4 Å². The fraction of sp³-hybridized carbons (Fsp3) is 0.864. The van der Waals surface area contributed by atoms with Gasteiger partial charge in [0.25, 0.3) is 0 Å². The molecule has 2 N–H and O–H groups in total. The molecule has 164 valence electrons. The van der Waals surface area contributed by atoms with Gasteiger partial charge in [-0.1, -0.05) is 71.1 Å². The van der Waals surface area contributed by atoms with Crippen LogP contribution in [0, 0.1) is 0 Å². The standard InChI is InChI=1S/C22H43N3O3/c1-6-7-8-9-10-11-12-13-14-15-16-17-19(26)24-21(23)25(5)18-20(27)28-22(2,3)4/h6-18H2,1-5H3,(H2,23,24,26)/i5D3. The summed E-state index contributed by atoms with van der Waals surface area (Å²) in [6.45, 7) is 3.95. The second-order valence-corrected chi connectivity index (χ2v) is 8.32. The molecule has 28 heavy (non-hydrogen) atoms. The molecule has 0 aliphatic rings. The van der Waals surface area contributed by atoms with Crippen molar-refractivity contribution in [3.8, 4) is 0 Å². The summed E-state index contributed by atoms with van der Waals surface area (Å²) < 4.78 is 27.8. The maximum atomic E-state index is 12.1. The van der Waals surface area contributed by atoms with Crippen LogP contribution in [0.15, 0.2) is 4.99 Å². The molecule has 0 heterocycles. The number of ether oxygens (including phenoxy) is 1. The number of guanidine groups is 1. The van der Waals surface area contributed by atoms with Gasteiger partial charge in [-0.3, -0.25) is 9.59 Å². The second-order valence-electron chi connectivity index (χ2n) is 8.32. The van der Waals surface area contributed by atoms with E-state index < -0.39 is 37.0 Å². The zero-order valence-electron chi connectivity index (χ0n) is 21.4. The average Bonchev–Trinajstić information content (AvgIpc) is 2.61. The van der Waals surface area contributed by atoms with Crippen molar-refractivity contribution in [2.24, 2.45) is 10.7 Å². The van der Waals surface area contributed by atoms with Crippen molar-refractivity contribution >= 4 is 17.8 Å². The van der Waals surface area contributed by atoms with Gasteiger partial charge >= 0.3 is 5.97 Å². The van der Waals surface area contributed by atoms with E-state index >= 15 is 0 Å². The minimum absolute atomic E-state index is 0.207. The number of carbonyl (C=O) groups excluding carboxylic acids is 2. The molecule has 0 aliphatic heterocycles. The Morgan fingerprint density at radius 3 is 1.93 bits per heavy atom. The van der Waals surface area contributed by atoms with E-state index in [2.05, 4.69) is 11.9 Å². The number of rotatable bonds is 14. The molecule has 0 radical (unpaired) electrons. The molecule has 0 saturated heterocycles. The molecule has 0 bridgehead atoms. The number of unbranched alkanes of at least 4 members (excludes halogenated alkanes) is 10. The first kappa shape index (κ1) is 21.1. The van der Waals surface area contributed by atoms with E-state index in [9.17, 15) is 9.59 Å². The second kappa shape index (κ2) is 15.3. The van der Waals surface area contributed by atoms with Gasteiger partial charge in [-0.25, -0.2) is 0 Å². The van der Waals surface area contributed by atoms with Gasteiger partial charge in [0, 0.05) is 17.5 Å². The minimum Gasteiger partial charge on any atom is -0.459 e. The molecule has 0 spiro atoms. The highest BCUT2D eigenvalue weighted by Crippen LogP contribution is 2.12. The van der Waals surface area contributed by atoms with E-state index in [4.69, 9.17) is 14.6 Å². The topological polar surface area (TPSA) is 85.0 Å². The van der Waals surface area contributed by atoms with Gasteiger partial charge in [0.15, 0.2) is 5.96 Å². The molecule has 0 saturated carbocycles. The molecule has 0 aliphatic carbocycles. The molecule has 0 fully saturated rings. The number of aliphatic imine (C=N–C) groups is 1. The number of carbonyl (C=O) groups is 2. The summed E-state index contributed by atoms with van der Waals surface area (Å²) in [4.78, 5) is 28.4. The summed E-state index contributed by atoms with van der Waals surface area (Å²) in [5, 5.41) is 0. The van der Waals surface area contributed by atoms with Gasteiger partial charge < -0.3 is 15.4 Å². The number of esters is 1. The highest BCUT2D eigenvalue weighted by molar-refractivity contribution is 5.93. The van der Waals surface area contributed by atoms with Crippen LogP contribution in [0.5, 0.6) is 0 Å². The average molecular weight is 401 g/mol. The number of nitrogens with two attached hydrogens (primary N) is 1. The Balaban J connectivity index is 4.29. The largest absolute Gasteiger partial charge is 0.459 e. The Labute approximate surface area is 176 Å². The van der Waals surface area contributed by atoms with E-state index in [0.717, 1.165) is 19.3 Å². The normalized spacial score (nSPS) is 14.1. The molecule has 0 aromatic carbocycles. The lowest BCUT2D eigenvalue weighted by atomic mass is 10.1. The summed E-state index contributed by atoms with van der Waals surface area (Å²) >= 11 is 0. The fourth-order valence-corrected chi connectivity index (χ4v) is 2.77. The Hall–Kier alpha value is -1.59. The molecule has 1 amide bonds. The Morgan fingerprint density at radius 1 is 0.964 bits per heavy atom. The van der Waals surface area contributed by atoms with Crippen LogP contribution in [0.4, 0.5) is 0 Å². The molecule has 0 atom stereocenters. The SMILES string of the molecule is [2H]C([2H])([2H])N(CC(=O)OC(C)(C)C)C(N)=NC(=O)CCCCCCCCCCCCC. The van der Waals surface area contributed by atoms with Crippen molar-refractivity contribution in [3.05, 3.63) is 0 Å². The molecule has 6 heteroatoms. The molecular weight excluding hydrogens is 354 g/mol. The highest BCUT2D eigenvalue weighted by Gasteiger charge is 2.18. The first-order valence-electron chi connectivity index (χ1n) is 12.2. The van der Waals surface area contributed by atoms with E-state index in [1.807, 2.05) is 0 Å². The van der Waals surface area contributed by atoms with Gasteiger partial charge in [-0.05, 0) is 27.2 Å². The van der Waals surface area contributed by atoms with Gasteiger partial charge in [0.2, 0.25) is 5.91 Å². The summed E-state index contributed by atoms with van der Waals surface area (Å²) in [7, 11) is 0. The number of hydrogen-bond donors (Lipinski definition) is 1. The van der Waals surface area contributed by atoms with Crippen LogP contribution in [-0.2, 0) is 14.3 Å². The van der Waals surface area contributed by atoms with Crippen molar-refractivity contribution in [3.63, 3.8) is 0 Å². The summed E-state index contributed by atoms with van der Waals surface area (Å²) in [5.74, 6) is -1.72. The minimum atomic E-state index is -2.71. The smallest absolute Gasteiger partial charge is 0.326 e. The summed E-state index contributed by atoms with van der Waals surface area (Å²) in [5.41, 5.74) is 4.98. The molecule has 0 rings (SSSR count). The van der Waals surface area contributed by atoms with Crippen LogP contribution in [0.1, 0.15) is 109 Å². The van der Waals surface area contributed by atoms with Crippen LogP contribution >= 0.6 is 0 Å². The summed E-state index contributed by atoms with van der Waals surface area (Å²) in [6.07, 6.45) is 13.1. The summed E-state index contributed by atoms with van der Waals surface area (Å²) in [6, 6.07) is 0. The van der Waals surface area contributed by atoms with Crippen LogP contribution in [0.3, 0.4) is 0 Å². The van der Waals surface area contributed by atoms with Crippen molar-refractivity contribution in [1.82, 2.24) is 4.90 Å². The van der Waals surface area contributed by atoms with Gasteiger partial charge in [-0.2, -0.15) is 4.99 Å². The fourth-order valence-electron chi connectivity index (χ4n) is 2.77. The number of hydrogen-bond acceptors (Lipinski definition) is 3. The lowest BCUT2D eigenvalue weighted by Gasteiger charge is -2.22. The molecular formula is C22H43N3O3. The zero-order valence-corrected chi connectivity index (χ0v) is 18.4. The van der Waals surface area contributed by atoms with Crippen LogP contribution in [-0.4, -0.2) is 41.9 Å². The predicted molar refractivity (Wildman–Crippen MR) is 116 cm³/mol. The first-order valence-corrected chi connectivity index (χ1v) is 10.7. The highest BCUT2D eigenvalue weighted by atomic mass is 16.6. The van der Waals surface area contributed by atoms with Gasteiger partial charge in [0.1, 0.15) is 12.1 Å². The molecule has 0 aromatic heterocycles. The van der Waals surface area contributed by atoms with Crippen molar-refractivity contribution in [1.29, 1.82) is 0 Å². The van der Waals surface area contributed by atoms with E-state index in [0.29, 0.717) is 11.3 Å². The third kappa shape index (κ3) is 16.6. The van der Waals surface area contributed by atoms with Crippen LogP contribution in [0.25, 0.3) is 0 Å². The Kier molecular flexibility index (Phi) is 11.6. The number of nitrogens with zero attached hydrogens (tertiary/aromatic N) is 2. The lowest BCUT2D eigenvalue weighted by molar-refractivity contribution is -0.155. The Bertz CT molecular complexity index is 558. The molecule has 0 aromatic rings. The van der Waals surface area contributed by atoms with Gasteiger partial charge in [0.05, 0.1) is 0 Å². The zero-order chi connectivity index (χ0) is 23.9. The third-order valence-corrected chi connectivity index (χ3v) is 4.22. The monoisotopic (exact) mass is 400 g/mol. The lowest BCUT2D eigenvalue weighted by Crippen LogP contribution is -2.40. The maximum Gasteiger partial charge on any atom is 0.326 e.